The molecule has 1 N–H and O–H groups in total. The molecule has 0 atom stereocenters. The molecule has 0 aliphatic heterocycles. The van der Waals surface area contributed by atoms with Crippen LogP contribution in [0.25, 0.3) is 10.9 Å². The van der Waals surface area contributed by atoms with Crippen LogP contribution >= 0.6 is 15.9 Å². The number of anilines is 2. The van der Waals surface area contributed by atoms with E-state index in [1.54, 1.807) is 12.1 Å². The molecule has 0 saturated heterocycles. The highest BCUT2D eigenvalue weighted by molar-refractivity contribution is 9.10. The van der Waals surface area contributed by atoms with E-state index in [9.17, 15) is 13.2 Å². The van der Waals surface area contributed by atoms with Crippen LogP contribution in [0, 0.1) is 12.1 Å². The lowest BCUT2D eigenvalue weighted by Gasteiger charge is -2.10. The van der Waals surface area contributed by atoms with E-state index < -0.39 is 6.36 Å². The Bertz CT molecular complexity index is 835. The highest BCUT2D eigenvalue weighted by Gasteiger charge is 2.30. The highest BCUT2D eigenvalue weighted by Crippen LogP contribution is 2.26. The number of pyridine rings is 1. The van der Waals surface area contributed by atoms with Crippen LogP contribution in [0.15, 0.2) is 46.9 Å². The molecule has 3 aromatic rings. The minimum atomic E-state index is -4.70. The van der Waals surface area contributed by atoms with E-state index in [-0.39, 0.29) is 5.75 Å². The molecule has 3 rings (SSSR count). The first kappa shape index (κ1) is 15.4. The molecule has 0 aliphatic carbocycles. The van der Waals surface area contributed by atoms with Gasteiger partial charge in [-0.1, -0.05) is 12.1 Å². The van der Waals surface area contributed by atoms with Crippen LogP contribution in [-0.4, -0.2) is 11.3 Å². The van der Waals surface area contributed by atoms with Crippen molar-refractivity contribution in [2.45, 2.75) is 6.36 Å². The molecule has 1 heterocycles. The Balaban J connectivity index is 1.80. The van der Waals surface area contributed by atoms with E-state index in [2.05, 4.69) is 43.1 Å². The summed E-state index contributed by atoms with van der Waals surface area (Å²) in [6, 6.07) is 16.5. The molecule has 7 heteroatoms. The number of aromatic nitrogens is 1. The molecule has 0 spiro atoms. The number of halogens is 4. The maximum atomic E-state index is 12.1. The zero-order valence-electron chi connectivity index (χ0n) is 11.4. The van der Waals surface area contributed by atoms with Crippen molar-refractivity contribution in [2.75, 3.05) is 5.32 Å². The fourth-order valence-corrected chi connectivity index (χ4v) is 2.36. The number of benzene rings is 1. The number of fused-ring (bicyclic) bond motifs is 1. The van der Waals surface area contributed by atoms with Gasteiger partial charge in [-0.2, -0.15) is 0 Å². The zero-order valence-corrected chi connectivity index (χ0v) is 13.0. The fourth-order valence-electron chi connectivity index (χ4n) is 1.95. The van der Waals surface area contributed by atoms with Gasteiger partial charge in [0.15, 0.2) is 0 Å². The molecule has 0 amide bonds. The Labute approximate surface area is 138 Å². The van der Waals surface area contributed by atoms with Crippen molar-refractivity contribution in [3.63, 3.8) is 0 Å². The molecule has 23 heavy (non-hydrogen) atoms. The van der Waals surface area contributed by atoms with Gasteiger partial charge in [-0.25, -0.2) is 4.98 Å². The van der Waals surface area contributed by atoms with Crippen molar-refractivity contribution in [3.05, 3.63) is 59.1 Å². The largest absolute Gasteiger partial charge is 0.573 e. The topological polar surface area (TPSA) is 34.1 Å². The first-order valence-electron chi connectivity index (χ1n) is 6.42. The smallest absolute Gasteiger partial charge is 0.406 e. The van der Waals surface area contributed by atoms with Gasteiger partial charge in [-0.05, 0) is 52.3 Å². The van der Waals surface area contributed by atoms with Gasteiger partial charge >= 0.3 is 6.36 Å². The minimum Gasteiger partial charge on any atom is -0.406 e. The van der Waals surface area contributed by atoms with Crippen molar-refractivity contribution < 1.29 is 17.9 Å². The van der Waals surface area contributed by atoms with E-state index in [1.807, 2.05) is 6.07 Å². The normalized spacial score (nSPS) is 11.1. The van der Waals surface area contributed by atoms with Crippen LogP contribution < -0.4 is 10.1 Å². The standard InChI is InChI=1S/C16H8BrF3N2O/c17-13-3-1-2-10-4-9-14(22-15(10)13)21-11-5-7-12(8-6-11)23-16(18,19)20/h3-9H,(H,21,22). The molecule has 1 aromatic heterocycles. The van der Waals surface area contributed by atoms with Crippen LogP contribution in [0.2, 0.25) is 0 Å². The third-order valence-electron chi connectivity index (χ3n) is 2.89. The number of ether oxygens (including phenoxy) is 1. The van der Waals surface area contributed by atoms with Crippen LogP contribution in [0.5, 0.6) is 5.75 Å². The van der Waals surface area contributed by atoms with Crippen LogP contribution in [0.3, 0.4) is 0 Å². The molecule has 2 aromatic carbocycles. The van der Waals surface area contributed by atoms with E-state index in [1.165, 1.54) is 24.3 Å². The lowest BCUT2D eigenvalue weighted by atomic mass is 10.2. The Morgan fingerprint density at radius 3 is 2.52 bits per heavy atom. The first-order valence-corrected chi connectivity index (χ1v) is 7.21. The molecule has 0 saturated carbocycles. The lowest BCUT2D eigenvalue weighted by molar-refractivity contribution is -0.274. The van der Waals surface area contributed by atoms with Gasteiger partial charge in [-0.3, -0.25) is 0 Å². The van der Waals surface area contributed by atoms with Crippen molar-refractivity contribution >= 4 is 38.3 Å². The molecule has 0 fully saturated rings. The predicted molar refractivity (Wildman–Crippen MR) is 83.5 cm³/mol. The van der Waals surface area contributed by atoms with E-state index in [0.29, 0.717) is 17.0 Å². The SMILES string of the molecule is FC(F)(F)Oc1ccc(Nc2ccc3c#ccc(Br)c3n2)cc1. The van der Waals surface area contributed by atoms with Gasteiger partial charge in [-0.15, -0.1) is 13.2 Å². The Kier molecular flexibility index (Phi) is 4.01. The maximum Gasteiger partial charge on any atom is 0.573 e. The van der Waals surface area contributed by atoms with Crippen molar-refractivity contribution in [3.8, 4) is 5.75 Å². The average molecular weight is 381 g/mol. The van der Waals surface area contributed by atoms with Gasteiger partial charge in [0.2, 0.25) is 0 Å². The number of nitrogens with zero attached hydrogens (tertiary/aromatic N) is 1. The van der Waals surface area contributed by atoms with Crippen LogP contribution in [0.1, 0.15) is 0 Å². The summed E-state index contributed by atoms with van der Waals surface area (Å²) in [6.45, 7) is 0. The van der Waals surface area contributed by atoms with E-state index in [0.717, 1.165) is 9.86 Å². The second kappa shape index (κ2) is 5.97. The minimum absolute atomic E-state index is 0.276. The summed E-state index contributed by atoms with van der Waals surface area (Å²) in [6.07, 6.45) is -4.70. The summed E-state index contributed by atoms with van der Waals surface area (Å²) >= 11 is 3.39. The quantitative estimate of drug-likeness (QED) is 0.674. The zero-order chi connectivity index (χ0) is 16.4. The highest BCUT2D eigenvalue weighted by atomic mass is 79.9. The molecular weight excluding hydrogens is 373 g/mol. The van der Waals surface area contributed by atoms with Gasteiger partial charge in [0, 0.05) is 11.8 Å². The number of nitrogens with one attached hydrogen (secondary N) is 1. The van der Waals surface area contributed by atoms with E-state index in [4.69, 9.17) is 0 Å². The van der Waals surface area contributed by atoms with Crippen LogP contribution in [-0.2, 0) is 0 Å². The molecule has 0 aliphatic rings. The third kappa shape index (κ3) is 3.85. The molecule has 3 nitrogen and oxygen atoms in total. The Hall–Kier alpha value is -2.46. The molecule has 0 unspecified atom stereocenters. The Morgan fingerprint density at radius 2 is 1.83 bits per heavy atom. The van der Waals surface area contributed by atoms with Gasteiger partial charge in [0.25, 0.3) is 0 Å². The Morgan fingerprint density at radius 1 is 1.09 bits per heavy atom. The summed E-state index contributed by atoms with van der Waals surface area (Å²) in [5.41, 5.74) is 1.31. The second-order valence-electron chi connectivity index (χ2n) is 4.55. The fraction of sp³-hybridized carbons (Fsp3) is 0.0625. The first-order chi connectivity index (χ1) is 10.9. The van der Waals surface area contributed by atoms with Crippen molar-refractivity contribution in [1.29, 1.82) is 0 Å². The monoisotopic (exact) mass is 380 g/mol. The number of hydrogen-bond acceptors (Lipinski definition) is 3. The van der Waals surface area contributed by atoms with Gasteiger partial charge in [0.1, 0.15) is 11.6 Å². The summed E-state index contributed by atoms with van der Waals surface area (Å²) < 4.78 is 41.0. The molecule has 116 valence electrons. The maximum absolute atomic E-state index is 12.1. The van der Waals surface area contributed by atoms with Gasteiger partial charge < -0.3 is 10.1 Å². The van der Waals surface area contributed by atoms with Crippen molar-refractivity contribution in [1.82, 2.24) is 4.98 Å². The summed E-state index contributed by atoms with van der Waals surface area (Å²) in [5, 5.41) is 3.82. The number of alkyl halides is 3. The van der Waals surface area contributed by atoms with E-state index >= 15 is 0 Å². The average Bonchev–Trinajstić information content (AvgIpc) is 2.49. The van der Waals surface area contributed by atoms with Crippen molar-refractivity contribution in [2.24, 2.45) is 0 Å². The molecule has 0 radical (unpaired) electrons. The van der Waals surface area contributed by atoms with Crippen LogP contribution in [0.4, 0.5) is 24.7 Å². The second-order valence-corrected chi connectivity index (χ2v) is 5.41. The van der Waals surface area contributed by atoms with Gasteiger partial charge in [0.05, 0.1) is 15.4 Å². The lowest BCUT2D eigenvalue weighted by Crippen LogP contribution is -2.16. The third-order valence-corrected chi connectivity index (χ3v) is 3.49. The predicted octanol–water partition coefficient (Wildman–Crippen LogP) is 5.24. The summed E-state index contributed by atoms with van der Waals surface area (Å²) in [4.78, 5) is 4.43. The summed E-state index contributed by atoms with van der Waals surface area (Å²) in [7, 11) is 0. The summed E-state index contributed by atoms with van der Waals surface area (Å²) in [5.74, 6) is 0.282. The molecular formula is C16H8BrF3N2O. The number of hydrogen-bond donors (Lipinski definition) is 1. The molecule has 0 bridgehead atoms. The number of rotatable bonds is 3.